The van der Waals surface area contributed by atoms with E-state index in [1.807, 2.05) is 55.2 Å². The third kappa shape index (κ3) is 3.23. The predicted octanol–water partition coefficient (Wildman–Crippen LogP) is 2.05. The Morgan fingerprint density at radius 3 is 2.06 bits per heavy atom. The molecule has 0 fully saturated rings. The molecule has 18 heavy (non-hydrogen) atoms. The second-order valence-corrected chi connectivity index (χ2v) is 5.28. The summed E-state index contributed by atoms with van der Waals surface area (Å²) in [5.41, 5.74) is 1.39. The van der Waals surface area contributed by atoms with Gasteiger partial charge in [0.25, 0.3) is 0 Å². The molecular formula is C14H22N2O2. The van der Waals surface area contributed by atoms with Gasteiger partial charge < -0.3 is 10.0 Å². The Morgan fingerprint density at radius 1 is 1.17 bits per heavy atom. The first-order valence-electron chi connectivity index (χ1n) is 5.96. The second kappa shape index (κ2) is 5.40. The normalized spacial score (nSPS) is 11.7. The lowest BCUT2D eigenvalue weighted by atomic mass is 10.0. The summed E-state index contributed by atoms with van der Waals surface area (Å²) in [6.07, 6.45) is 0. The molecular weight excluding hydrogens is 228 g/mol. The van der Waals surface area contributed by atoms with Crippen molar-refractivity contribution in [2.45, 2.75) is 25.9 Å². The van der Waals surface area contributed by atoms with E-state index in [1.165, 1.54) is 0 Å². The summed E-state index contributed by atoms with van der Waals surface area (Å²) < 4.78 is 0. The summed E-state index contributed by atoms with van der Waals surface area (Å²) in [4.78, 5) is 15.0. The molecule has 0 bridgehead atoms. The lowest BCUT2D eigenvalue weighted by Crippen LogP contribution is -2.47. The summed E-state index contributed by atoms with van der Waals surface area (Å²) in [5.74, 6) is -0.810. The zero-order chi connectivity index (χ0) is 13.9. The molecule has 1 rings (SSSR count). The topological polar surface area (TPSA) is 43.8 Å². The number of hydrogen-bond acceptors (Lipinski definition) is 3. The van der Waals surface area contributed by atoms with Gasteiger partial charge in [0.05, 0.1) is 0 Å². The van der Waals surface area contributed by atoms with Crippen LogP contribution in [0.1, 0.15) is 19.4 Å². The van der Waals surface area contributed by atoms with Gasteiger partial charge in [0.15, 0.2) is 0 Å². The van der Waals surface area contributed by atoms with Gasteiger partial charge in [-0.3, -0.25) is 9.69 Å². The van der Waals surface area contributed by atoms with E-state index in [0.717, 1.165) is 11.3 Å². The molecule has 4 nitrogen and oxygen atoms in total. The van der Waals surface area contributed by atoms with Crippen LogP contribution in [0.15, 0.2) is 24.3 Å². The van der Waals surface area contributed by atoms with Gasteiger partial charge >= 0.3 is 5.97 Å². The van der Waals surface area contributed by atoms with Crippen molar-refractivity contribution in [2.75, 3.05) is 26.0 Å². The van der Waals surface area contributed by atoms with Crippen LogP contribution in [0.25, 0.3) is 0 Å². The minimum atomic E-state index is -0.861. The fourth-order valence-electron chi connectivity index (χ4n) is 1.53. The van der Waals surface area contributed by atoms with Crippen LogP contribution in [0.2, 0.25) is 0 Å². The van der Waals surface area contributed by atoms with Gasteiger partial charge in [0.1, 0.15) is 5.54 Å². The number of carboxylic acid groups (broad SMARTS) is 1. The number of aliphatic carboxylic acids is 1. The third-order valence-corrected chi connectivity index (χ3v) is 3.35. The average Bonchev–Trinajstić information content (AvgIpc) is 2.29. The lowest BCUT2D eigenvalue weighted by molar-refractivity contribution is -0.148. The fourth-order valence-corrected chi connectivity index (χ4v) is 1.53. The maximum Gasteiger partial charge on any atom is 0.323 e. The van der Waals surface area contributed by atoms with E-state index in [2.05, 4.69) is 0 Å². The van der Waals surface area contributed by atoms with Crippen LogP contribution in [-0.4, -0.2) is 42.7 Å². The molecule has 0 amide bonds. The van der Waals surface area contributed by atoms with Gasteiger partial charge in [-0.15, -0.1) is 0 Å². The summed E-state index contributed by atoms with van der Waals surface area (Å²) in [6, 6.07) is 8.14. The molecule has 0 saturated heterocycles. The second-order valence-electron chi connectivity index (χ2n) is 5.28. The van der Waals surface area contributed by atoms with E-state index in [1.54, 1.807) is 13.8 Å². The number of rotatable bonds is 5. The van der Waals surface area contributed by atoms with Crippen LogP contribution in [0.5, 0.6) is 0 Å². The first-order chi connectivity index (χ1) is 8.25. The van der Waals surface area contributed by atoms with Gasteiger partial charge in [0, 0.05) is 26.3 Å². The number of nitrogens with zero attached hydrogens (tertiary/aromatic N) is 2. The van der Waals surface area contributed by atoms with Gasteiger partial charge in [-0.25, -0.2) is 0 Å². The highest BCUT2D eigenvalue weighted by Crippen LogP contribution is 2.18. The fraction of sp³-hybridized carbons (Fsp3) is 0.500. The van der Waals surface area contributed by atoms with E-state index in [9.17, 15) is 4.79 Å². The Kier molecular flexibility index (Phi) is 4.35. The van der Waals surface area contributed by atoms with Crippen molar-refractivity contribution in [2.24, 2.45) is 0 Å². The minimum Gasteiger partial charge on any atom is -0.480 e. The summed E-state index contributed by atoms with van der Waals surface area (Å²) in [6.45, 7) is 4.04. The van der Waals surface area contributed by atoms with Crippen LogP contribution >= 0.6 is 0 Å². The molecule has 0 atom stereocenters. The molecule has 0 radical (unpaired) electrons. The number of carboxylic acids is 1. The summed E-state index contributed by atoms with van der Waals surface area (Å²) >= 11 is 0. The molecule has 0 saturated carbocycles. The van der Waals surface area contributed by atoms with Crippen molar-refractivity contribution in [1.29, 1.82) is 0 Å². The average molecular weight is 250 g/mol. The highest BCUT2D eigenvalue weighted by Gasteiger charge is 2.31. The van der Waals surface area contributed by atoms with E-state index < -0.39 is 11.5 Å². The molecule has 0 aliphatic heterocycles. The molecule has 0 heterocycles. The highest BCUT2D eigenvalue weighted by molar-refractivity contribution is 5.77. The maximum atomic E-state index is 11.1. The lowest BCUT2D eigenvalue weighted by Gasteiger charge is -2.31. The predicted molar refractivity (Wildman–Crippen MR) is 74.0 cm³/mol. The zero-order valence-corrected chi connectivity index (χ0v) is 11.8. The molecule has 0 unspecified atom stereocenters. The van der Waals surface area contributed by atoms with E-state index in [4.69, 9.17) is 5.11 Å². The molecule has 0 aliphatic rings. The molecule has 1 aromatic rings. The number of carbonyl (C=O) groups is 1. The molecule has 100 valence electrons. The Bertz CT molecular complexity index is 410. The SMILES string of the molecule is CN(C)c1ccc(CN(C)C(C)(C)C(=O)O)cc1. The standard InChI is InChI=1S/C14H22N2O2/c1-14(2,13(17)18)16(5)10-11-6-8-12(9-7-11)15(3)4/h6-9H,10H2,1-5H3,(H,17,18). The van der Waals surface area contributed by atoms with Crippen LogP contribution in [0, 0.1) is 0 Å². The quantitative estimate of drug-likeness (QED) is 0.868. The molecule has 0 spiro atoms. The Labute approximate surface area is 109 Å². The van der Waals surface area contributed by atoms with Gasteiger partial charge in [-0.1, -0.05) is 12.1 Å². The van der Waals surface area contributed by atoms with Crippen molar-refractivity contribution < 1.29 is 9.90 Å². The van der Waals surface area contributed by atoms with Crippen molar-refractivity contribution in [3.63, 3.8) is 0 Å². The highest BCUT2D eigenvalue weighted by atomic mass is 16.4. The smallest absolute Gasteiger partial charge is 0.323 e. The Balaban J connectivity index is 2.76. The third-order valence-electron chi connectivity index (χ3n) is 3.35. The molecule has 0 aromatic heterocycles. The van der Waals surface area contributed by atoms with Gasteiger partial charge in [-0.05, 0) is 38.6 Å². The molecule has 0 aliphatic carbocycles. The van der Waals surface area contributed by atoms with Crippen molar-refractivity contribution >= 4 is 11.7 Å². The first kappa shape index (κ1) is 14.5. The van der Waals surface area contributed by atoms with Crippen molar-refractivity contribution in [3.8, 4) is 0 Å². The Morgan fingerprint density at radius 2 is 1.67 bits per heavy atom. The number of anilines is 1. The van der Waals surface area contributed by atoms with Crippen LogP contribution in [0.4, 0.5) is 5.69 Å². The van der Waals surface area contributed by atoms with Crippen molar-refractivity contribution in [1.82, 2.24) is 4.90 Å². The van der Waals surface area contributed by atoms with Gasteiger partial charge in [-0.2, -0.15) is 0 Å². The summed E-state index contributed by atoms with van der Waals surface area (Å²) in [7, 11) is 5.82. The van der Waals surface area contributed by atoms with Crippen LogP contribution in [-0.2, 0) is 11.3 Å². The van der Waals surface area contributed by atoms with Gasteiger partial charge in [0.2, 0.25) is 0 Å². The van der Waals surface area contributed by atoms with E-state index >= 15 is 0 Å². The Hall–Kier alpha value is -1.55. The number of benzene rings is 1. The first-order valence-corrected chi connectivity index (χ1v) is 5.96. The maximum absolute atomic E-state index is 11.1. The number of hydrogen-bond donors (Lipinski definition) is 1. The molecule has 4 heteroatoms. The molecule has 1 N–H and O–H groups in total. The number of likely N-dealkylation sites (N-methyl/N-ethyl adjacent to an activating group) is 1. The minimum absolute atomic E-state index is 0.618. The van der Waals surface area contributed by atoms with E-state index in [-0.39, 0.29) is 0 Å². The monoisotopic (exact) mass is 250 g/mol. The van der Waals surface area contributed by atoms with Crippen LogP contribution < -0.4 is 4.90 Å². The zero-order valence-electron chi connectivity index (χ0n) is 11.8. The summed E-state index contributed by atoms with van der Waals surface area (Å²) in [5, 5.41) is 9.16. The molecule has 1 aromatic carbocycles. The largest absolute Gasteiger partial charge is 0.480 e. The van der Waals surface area contributed by atoms with Crippen molar-refractivity contribution in [3.05, 3.63) is 29.8 Å². The van der Waals surface area contributed by atoms with E-state index in [0.29, 0.717) is 6.54 Å². The van der Waals surface area contributed by atoms with Crippen LogP contribution in [0.3, 0.4) is 0 Å².